The molecule has 27 heavy (non-hydrogen) atoms. The van der Waals surface area contributed by atoms with Gasteiger partial charge in [0.15, 0.2) is 0 Å². The van der Waals surface area contributed by atoms with Gasteiger partial charge >= 0.3 is 0 Å². The Bertz CT molecular complexity index is 515. The minimum Gasteiger partial charge on any atom is -0.250 e. The Morgan fingerprint density at radius 2 is 2.04 bits per heavy atom. The number of nitrogens with zero attached hydrogens (tertiary/aromatic N) is 2. The highest BCUT2D eigenvalue weighted by molar-refractivity contribution is 7.97. The van der Waals surface area contributed by atoms with E-state index >= 15 is 0 Å². The maximum Gasteiger partial charge on any atom is 0.0946 e. The fraction of sp³-hybridized carbons (Fsp3) is 0.696. The zero-order valence-electron chi connectivity index (χ0n) is 18.2. The third-order valence-electron chi connectivity index (χ3n) is 4.57. The van der Waals surface area contributed by atoms with E-state index < -0.39 is 0 Å². The summed E-state index contributed by atoms with van der Waals surface area (Å²) in [6.45, 7) is 14.2. The molecule has 1 fully saturated rings. The second kappa shape index (κ2) is 16.0. The van der Waals surface area contributed by atoms with Gasteiger partial charge in [-0.25, -0.2) is 8.70 Å². The highest BCUT2D eigenvalue weighted by Crippen LogP contribution is 2.30. The molecule has 0 bridgehead atoms. The van der Waals surface area contributed by atoms with Gasteiger partial charge in [0.05, 0.1) is 11.9 Å². The zero-order valence-corrected chi connectivity index (χ0v) is 19.0. The van der Waals surface area contributed by atoms with Crippen LogP contribution in [0.4, 0.5) is 4.39 Å². The number of hydrogen-bond donors (Lipinski definition) is 0. The molecule has 0 N–H and O–H groups in total. The molecule has 0 radical (unpaired) electrons. The van der Waals surface area contributed by atoms with Gasteiger partial charge in [-0.1, -0.05) is 57.9 Å². The van der Waals surface area contributed by atoms with Crippen LogP contribution in [-0.4, -0.2) is 22.6 Å². The SMILES string of the molecule is C/C=C(/C#N)C/C=C\CC(C)CCC(/C=C(\C)F)SN1CCC(C)C1.CC. The summed E-state index contributed by atoms with van der Waals surface area (Å²) in [4.78, 5) is 0. The molecule has 0 aliphatic carbocycles. The van der Waals surface area contributed by atoms with Gasteiger partial charge in [-0.3, -0.25) is 0 Å². The normalized spacial score (nSPS) is 20.9. The summed E-state index contributed by atoms with van der Waals surface area (Å²) in [6.07, 6.45) is 13.0. The predicted octanol–water partition coefficient (Wildman–Crippen LogP) is 7.47. The first-order valence-electron chi connectivity index (χ1n) is 10.4. The third kappa shape index (κ3) is 12.9. The van der Waals surface area contributed by atoms with Gasteiger partial charge < -0.3 is 0 Å². The number of allylic oxidation sites excluding steroid dienone is 5. The maximum absolute atomic E-state index is 13.4. The quantitative estimate of drug-likeness (QED) is 0.218. The average molecular weight is 395 g/mol. The van der Waals surface area contributed by atoms with Gasteiger partial charge in [0.25, 0.3) is 0 Å². The average Bonchev–Trinajstić information content (AvgIpc) is 3.06. The van der Waals surface area contributed by atoms with Crippen LogP contribution in [0.1, 0.15) is 73.6 Å². The second-order valence-electron chi connectivity index (χ2n) is 7.20. The standard InChI is InChI=1S/C21H33FN2S.C2H6/c1-5-20(15-23)9-7-6-8-17(2)10-11-21(14-19(4)22)25-24-13-12-18(3)16-24;1-2/h5-7,14,17-18,21H,8-13,16H2,1-4H3;1-2H3/b7-6-,19-14+,20-5+;. The van der Waals surface area contributed by atoms with Crippen LogP contribution < -0.4 is 0 Å². The molecule has 3 unspecified atom stereocenters. The fourth-order valence-electron chi connectivity index (χ4n) is 2.94. The first-order chi connectivity index (χ1) is 12.9. The molecule has 1 aliphatic rings. The van der Waals surface area contributed by atoms with Gasteiger partial charge in [-0.05, 0) is 57.4 Å². The van der Waals surface area contributed by atoms with Crippen LogP contribution in [0.5, 0.6) is 0 Å². The highest BCUT2D eigenvalue weighted by Gasteiger charge is 2.22. The molecule has 0 spiro atoms. The van der Waals surface area contributed by atoms with Crippen molar-refractivity contribution in [2.24, 2.45) is 11.8 Å². The Hall–Kier alpha value is -1.05. The Morgan fingerprint density at radius 3 is 2.56 bits per heavy atom. The summed E-state index contributed by atoms with van der Waals surface area (Å²) >= 11 is 1.82. The van der Waals surface area contributed by atoms with Gasteiger partial charge in [-0.2, -0.15) is 5.26 Å². The van der Waals surface area contributed by atoms with Crippen molar-refractivity contribution in [2.75, 3.05) is 13.1 Å². The van der Waals surface area contributed by atoms with E-state index in [0.29, 0.717) is 5.92 Å². The van der Waals surface area contributed by atoms with E-state index in [2.05, 4.69) is 36.4 Å². The molecule has 0 aromatic heterocycles. The second-order valence-corrected chi connectivity index (χ2v) is 8.53. The number of nitriles is 1. The molecule has 0 saturated carbocycles. The smallest absolute Gasteiger partial charge is 0.0946 e. The minimum absolute atomic E-state index is 0.0762. The van der Waals surface area contributed by atoms with Crippen molar-refractivity contribution in [3.05, 3.63) is 35.7 Å². The van der Waals surface area contributed by atoms with E-state index in [0.717, 1.165) is 50.3 Å². The fourth-order valence-corrected chi connectivity index (χ4v) is 4.36. The van der Waals surface area contributed by atoms with Crippen LogP contribution in [0.2, 0.25) is 0 Å². The van der Waals surface area contributed by atoms with Gasteiger partial charge in [0.1, 0.15) is 0 Å². The molecule has 1 rings (SSSR count). The third-order valence-corrected chi connectivity index (χ3v) is 5.84. The summed E-state index contributed by atoms with van der Waals surface area (Å²) in [5.74, 6) is 1.25. The Labute approximate surface area is 171 Å². The van der Waals surface area contributed by atoms with Gasteiger partial charge in [-0.15, -0.1) is 0 Å². The van der Waals surface area contributed by atoms with Crippen molar-refractivity contribution in [1.82, 2.24) is 4.31 Å². The van der Waals surface area contributed by atoms with Crippen molar-refractivity contribution in [3.63, 3.8) is 0 Å². The maximum atomic E-state index is 13.4. The summed E-state index contributed by atoms with van der Waals surface area (Å²) in [5, 5.41) is 9.12. The first kappa shape index (κ1) is 26.0. The Morgan fingerprint density at radius 1 is 1.33 bits per heavy atom. The molecule has 3 atom stereocenters. The molecule has 4 heteroatoms. The van der Waals surface area contributed by atoms with Crippen LogP contribution >= 0.6 is 11.9 Å². The lowest BCUT2D eigenvalue weighted by Crippen LogP contribution is -2.17. The van der Waals surface area contributed by atoms with E-state index in [1.165, 1.54) is 6.42 Å². The lowest BCUT2D eigenvalue weighted by molar-refractivity contribution is 0.509. The van der Waals surface area contributed by atoms with Crippen molar-refractivity contribution < 1.29 is 4.39 Å². The van der Waals surface area contributed by atoms with Crippen LogP contribution in [0.15, 0.2) is 35.7 Å². The van der Waals surface area contributed by atoms with Crippen molar-refractivity contribution >= 4 is 11.9 Å². The minimum atomic E-state index is -0.0762. The Balaban J connectivity index is 0.00000326. The number of hydrogen-bond acceptors (Lipinski definition) is 3. The molecular weight excluding hydrogens is 355 g/mol. The number of rotatable bonds is 10. The number of halogens is 1. The van der Waals surface area contributed by atoms with Crippen LogP contribution in [0.3, 0.4) is 0 Å². The van der Waals surface area contributed by atoms with Crippen molar-refractivity contribution in [2.45, 2.75) is 78.9 Å². The Kier molecular flexibility index (Phi) is 15.3. The topological polar surface area (TPSA) is 27.0 Å². The van der Waals surface area contributed by atoms with E-state index in [1.54, 1.807) is 13.0 Å². The molecule has 2 nitrogen and oxygen atoms in total. The summed E-state index contributed by atoms with van der Waals surface area (Å²) in [6, 6.07) is 2.20. The molecule has 0 aromatic carbocycles. The summed E-state index contributed by atoms with van der Waals surface area (Å²) in [7, 11) is 0. The zero-order chi connectivity index (χ0) is 20.7. The molecule has 1 saturated heterocycles. The predicted molar refractivity (Wildman–Crippen MR) is 119 cm³/mol. The molecule has 154 valence electrons. The van der Waals surface area contributed by atoms with Crippen LogP contribution in [0, 0.1) is 23.2 Å². The van der Waals surface area contributed by atoms with Crippen LogP contribution in [-0.2, 0) is 0 Å². The van der Waals surface area contributed by atoms with E-state index in [9.17, 15) is 4.39 Å². The van der Waals surface area contributed by atoms with Crippen molar-refractivity contribution in [1.29, 1.82) is 5.26 Å². The summed E-state index contributed by atoms with van der Waals surface area (Å²) < 4.78 is 15.8. The molecule has 1 aliphatic heterocycles. The molecule has 0 aromatic rings. The largest absolute Gasteiger partial charge is 0.250 e. The van der Waals surface area contributed by atoms with Crippen molar-refractivity contribution in [3.8, 4) is 6.07 Å². The molecule has 0 amide bonds. The lowest BCUT2D eigenvalue weighted by Gasteiger charge is -2.21. The lowest BCUT2D eigenvalue weighted by atomic mass is 9.99. The van der Waals surface area contributed by atoms with E-state index in [4.69, 9.17) is 5.26 Å². The first-order valence-corrected chi connectivity index (χ1v) is 11.2. The summed E-state index contributed by atoms with van der Waals surface area (Å²) in [5.41, 5.74) is 0.809. The highest BCUT2D eigenvalue weighted by atomic mass is 32.2. The monoisotopic (exact) mass is 394 g/mol. The van der Waals surface area contributed by atoms with Crippen LogP contribution in [0.25, 0.3) is 0 Å². The van der Waals surface area contributed by atoms with Gasteiger partial charge in [0, 0.05) is 30.3 Å². The van der Waals surface area contributed by atoms with Gasteiger partial charge in [0.2, 0.25) is 0 Å². The molecule has 1 heterocycles. The van der Waals surface area contributed by atoms with E-state index in [1.807, 2.05) is 38.8 Å². The molecular formula is C23H39FN2S. The van der Waals surface area contributed by atoms with E-state index in [-0.39, 0.29) is 11.1 Å².